The van der Waals surface area contributed by atoms with Crippen LogP contribution >= 0.6 is 0 Å². The standard InChI is InChI=1S/C29H29NO4/c31-26-13-12-23-25-18-33-27-7-3-2-6-22(27)24(25)19-34-29(23)28(26)20-8-10-21(11-9-20)32-17-16-30-14-4-1-5-15-30/h2-3,6-13,31H,1,4-5,14-19H2. The van der Waals surface area contributed by atoms with Crippen molar-refractivity contribution in [2.75, 3.05) is 39.5 Å². The number of para-hydroxylation sites is 1. The Bertz CT molecular complexity index is 1230. The van der Waals surface area contributed by atoms with Crippen LogP contribution in [0.1, 0.15) is 30.4 Å². The lowest BCUT2D eigenvalue weighted by Crippen LogP contribution is -2.33. The Morgan fingerprint density at radius 1 is 0.794 bits per heavy atom. The molecule has 3 aliphatic heterocycles. The molecule has 6 rings (SSSR count). The van der Waals surface area contributed by atoms with E-state index < -0.39 is 0 Å². The van der Waals surface area contributed by atoms with Crippen LogP contribution in [0.15, 0.2) is 60.7 Å². The van der Waals surface area contributed by atoms with Crippen molar-refractivity contribution >= 4 is 11.1 Å². The number of phenols is 1. The molecule has 3 aromatic carbocycles. The zero-order valence-electron chi connectivity index (χ0n) is 19.3. The molecule has 0 bridgehead atoms. The highest BCUT2D eigenvalue weighted by atomic mass is 16.5. The third-order valence-corrected chi connectivity index (χ3v) is 7.04. The van der Waals surface area contributed by atoms with Gasteiger partial charge < -0.3 is 19.3 Å². The van der Waals surface area contributed by atoms with Gasteiger partial charge in [-0.05, 0) is 61.8 Å². The molecule has 0 amide bonds. The molecular weight excluding hydrogens is 426 g/mol. The predicted octanol–water partition coefficient (Wildman–Crippen LogP) is 5.62. The summed E-state index contributed by atoms with van der Waals surface area (Å²) in [5, 5.41) is 10.8. The summed E-state index contributed by atoms with van der Waals surface area (Å²) in [7, 11) is 0. The number of aromatic hydroxyl groups is 1. The third kappa shape index (κ3) is 3.90. The summed E-state index contributed by atoms with van der Waals surface area (Å²) < 4.78 is 18.3. The fourth-order valence-corrected chi connectivity index (χ4v) is 5.22. The van der Waals surface area contributed by atoms with Crippen molar-refractivity contribution in [1.82, 2.24) is 4.90 Å². The van der Waals surface area contributed by atoms with Crippen LogP contribution in [0.5, 0.6) is 23.0 Å². The van der Waals surface area contributed by atoms with Gasteiger partial charge in [-0.3, -0.25) is 4.90 Å². The molecule has 0 aliphatic carbocycles. The summed E-state index contributed by atoms with van der Waals surface area (Å²) >= 11 is 0. The number of rotatable bonds is 5. The molecular formula is C29H29NO4. The summed E-state index contributed by atoms with van der Waals surface area (Å²) in [6, 6.07) is 19.7. The van der Waals surface area contributed by atoms with Gasteiger partial charge in [-0.15, -0.1) is 0 Å². The maximum absolute atomic E-state index is 10.8. The minimum Gasteiger partial charge on any atom is -0.507 e. The van der Waals surface area contributed by atoms with Gasteiger partial charge in [0.2, 0.25) is 0 Å². The van der Waals surface area contributed by atoms with Crippen molar-refractivity contribution in [2.24, 2.45) is 0 Å². The third-order valence-electron chi connectivity index (χ3n) is 7.04. The van der Waals surface area contributed by atoms with Crippen LogP contribution < -0.4 is 14.2 Å². The van der Waals surface area contributed by atoms with Crippen molar-refractivity contribution in [3.8, 4) is 34.1 Å². The number of benzene rings is 3. The molecule has 1 N–H and O–H groups in total. The molecule has 34 heavy (non-hydrogen) atoms. The van der Waals surface area contributed by atoms with Crippen LogP contribution in [0.3, 0.4) is 0 Å². The molecule has 5 heteroatoms. The number of phenolic OH excluding ortho intramolecular Hbond substituents is 1. The molecule has 1 saturated heterocycles. The molecule has 5 nitrogen and oxygen atoms in total. The molecule has 0 aromatic heterocycles. The van der Waals surface area contributed by atoms with Crippen LogP contribution in [0, 0.1) is 0 Å². The van der Waals surface area contributed by atoms with Gasteiger partial charge in [0.1, 0.15) is 42.8 Å². The van der Waals surface area contributed by atoms with Crippen molar-refractivity contribution < 1.29 is 19.3 Å². The smallest absolute Gasteiger partial charge is 0.139 e. The molecule has 0 unspecified atom stereocenters. The Morgan fingerprint density at radius 3 is 2.41 bits per heavy atom. The second-order valence-electron chi connectivity index (χ2n) is 9.14. The van der Waals surface area contributed by atoms with Crippen LogP contribution in [0.25, 0.3) is 22.3 Å². The molecule has 0 spiro atoms. The SMILES string of the molecule is Oc1ccc2c(c1-c1ccc(OCCN3CCCCC3)cc1)OCC1=C2COc2ccccc21. The highest BCUT2D eigenvalue weighted by molar-refractivity contribution is 6.00. The lowest BCUT2D eigenvalue weighted by Gasteiger charge is -2.30. The van der Waals surface area contributed by atoms with E-state index in [0.29, 0.717) is 31.1 Å². The number of fused-ring (bicyclic) bond motifs is 4. The van der Waals surface area contributed by atoms with E-state index in [0.717, 1.165) is 45.9 Å². The summed E-state index contributed by atoms with van der Waals surface area (Å²) in [5.74, 6) is 2.65. The van der Waals surface area contributed by atoms with Gasteiger partial charge in [-0.2, -0.15) is 0 Å². The first-order chi connectivity index (χ1) is 16.8. The number of nitrogens with zero attached hydrogens (tertiary/aromatic N) is 1. The normalized spacial score (nSPS) is 17.2. The molecule has 3 aliphatic rings. The van der Waals surface area contributed by atoms with Gasteiger partial charge in [0.05, 0.1) is 5.56 Å². The zero-order chi connectivity index (χ0) is 22.9. The van der Waals surface area contributed by atoms with Gasteiger partial charge >= 0.3 is 0 Å². The lowest BCUT2D eigenvalue weighted by atomic mass is 9.88. The fourth-order valence-electron chi connectivity index (χ4n) is 5.22. The van der Waals surface area contributed by atoms with E-state index in [9.17, 15) is 5.11 Å². The second kappa shape index (κ2) is 9.07. The van der Waals surface area contributed by atoms with Gasteiger partial charge in [0, 0.05) is 28.8 Å². The second-order valence-corrected chi connectivity index (χ2v) is 9.14. The molecule has 0 saturated carbocycles. The molecule has 0 radical (unpaired) electrons. The average molecular weight is 456 g/mol. The summed E-state index contributed by atoms with van der Waals surface area (Å²) in [6.45, 7) is 4.95. The Balaban J connectivity index is 1.25. The topological polar surface area (TPSA) is 51.2 Å². The quantitative estimate of drug-likeness (QED) is 0.541. The number of likely N-dealkylation sites (tertiary alicyclic amines) is 1. The van der Waals surface area contributed by atoms with Crippen molar-refractivity contribution in [3.63, 3.8) is 0 Å². The summed E-state index contributed by atoms with van der Waals surface area (Å²) in [4.78, 5) is 2.47. The van der Waals surface area contributed by atoms with Crippen LogP contribution in [-0.2, 0) is 0 Å². The summed E-state index contributed by atoms with van der Waals surface area (Å²) in [5.41, 5.74) is 5.95. The maximum atomic E-state index is 10.8. The molecule has 174 valence electrons. The predicted molar refractivity (Wildman–Crippen MR) is 134 cm³/mol. The van der Waals surface area contributed by atoms with Gasteiger partial charge in [0.25, 0.3) is 0 Å². The Morgan fingerprint density at radius 2 is 1.56 bits per heavy atom. The zero-order valence-corrected chi connectivity index (χ0v) is 19.3. The molecule has 1 fully saturated rings. The Hall–Kier alpha value is -3.44. The lowest BCUT2D eigenvalue weighted by molar-refractivity contribution is 0.183. The van der Waals surface area contributed by atoms with Gasteiger partial charge in [-0.25, -0.2) is 0 Å². The van der Waals surface area contributed by atoms with E-state index in [-0.39, 0.29) is 5.75 Å². The molecule has 3 aromatic rings. The first kappa shape index (κ1) is 21.1. The number of hydrogen-bond donors (Lipinski definition) is 1. The van der Waals surface area contributed by atoms with Crippen molar-refractivity contribution in [1.29, 1.82) is 0 Å². The summed E-state index contributed by atoms with van der Waals surface area (Å²) in [6.07, 6.45) is 3.93. The minimum absolute atomic E-state index is 0.207. The molecule has 3 heterocycles. The highest BCUT2D eigenvalue weighted by Gasteiger charge is 2.30. The van der Waals surface area contributed by atoms with Crippen LogP contribution in [-0.4, -0.2) is 49.5 Å². The average Bonchev–Trinajstić information content (AvgIpc) is 2.89. The van der Waals surface area contributed by atoms with Gasteiger partial charge in [0.15, 0.2) is 0 Å². The van der Waals surface area contributed by atoms with E-state index in [1.165, 1.54) is 32.4 Å². The first-order valence-electron chi connectivity index (χ1n) is 12.2. The van der Waals surface area contributed by atoms with E-state index >= 15 is 0 Å². The Labute approximate surface area is 200 Å². The largest absolute Gasteiger partial charge is 0.507 e. The fraction of sp³-hybridized carbons (Fsp3) is 0.310. The first-order valence-corrected chi connectivity index (χ1v) is 12.2. The molecule has 0 atom stereocenters. The van der Waals surface area contributed by atoms with Crippen LogP contribution in [0.4, 0.5) is 0 Å². The van der Waals surface area contributed by atoms with E-state index in [4.69, 9.17) is 14.2 Å². The van der Waals surface area contributed by atoms with E-state index in [1.54, 1.807) is 6.07 Å². The Kier molecular flexibility index (Phi) is 5.63. The maximum Gasteiger partial charge on any atom is 0.139 e. The minimum atomic E-state index is 0.207. The number of hydrogen-bond acceptors (Lipinski definition) is 5. The monoisotopic (exact) mass is 455 g/mol. The van der Waals surface area contributed by atoms with Crippen molar-refractivity contribution in [3.05, 3.63) is 71.8 Å². The van der Waals surface area contributed by atoms with Gasteiger partial charge in [-0.1, -0.05) is 36.8 Å². The number of piperidine rings is 1. The van der Waals surface area contributed by atoms with Crippen LogP contribution in [0.2, 0.25) is 0 Å². The van der Waals surface area contributed by atoms with Crippen molar-refractivity contribution in [2.45, 2.75) is 19.3 Å². The highest BCUT2D eigenvalue weighted by Crippen LogP contribution is 2.49. The number of ether oxygens (including phenoxy) is 3. The van der Waals surface area contributed by atoms with E-state index in [2.05, 4.69) is 11.0 Å². The van der Waals surface area contributed by atoms with E-state index in [1.807, 2.05) is 48.5 Å².